The monoisotopic (exact) mass is 828 g/mol. The summed E-state index contributed by atoms with van der Waals surface area (Å²) in [7, 11) is 0.981. The lowest BCUT2D eigenvalue weighted by Crippen LogP contribution is -2.37. The summed E-state index contributed by atoms with van der Waals surface area (Å²) in [5, 5.41) is 10.7. The summed E-state index contributed by atoms with van der Waals surface area (Å²) in [6.45, 7) is 3.83. The first kappa shape index (κ1) is 51.2. The Balaban J connectivity index is 1.80. The Morgan fingerprint density at radius 2 is 1.44 bits per heavy atom. The number of aliphatic hydroxyl groups is 1. The van der Waals surface area contributed by atoms with Crippen molar-refractivity contribution >= 4 is 25.5 Å². The topological polar surface area (TPSA) is 161 Å². The third kappa shape index (κ3) is 25.3. The molecule has 2 rings (SSSR count). The number of ketones is 1. The molecule has 13 heteroatoms. The smallest absolute Gasteiger partial charge is 0.306 e. The Kier molecular flexibility index (Phi) is 26.4. The van der Waals surface area contributed by atoms with E-state index in [9.17, 15) is 28.9 Å². The maximum atomic E-state index is 13.0. The minimum Gasteiger partial charge on any atom is -0.756 e. The van der Waals surface area contributed by atoms with Gasteiger partial charge in [-0.05, 0) is 50.2 Å². The summed E-state index contributed by atoms with van der Waals surface area (Å²) < 4.78 is 39.7. The fraction of sp³-hybridized carbons (Fsp3) is 0.841. The highest BCUT2D eigenvalue weighted by Gasteiger charge is 2.41. The molecule has 1 saturated heterocycles. The van der Waals surface area contributed by atoms with Crippen LogP contribution in [0.15, 0.2) is 23.8 Å². The number of phosphoric ester groups is 1. The molecule has 0 aromatic carbocycles. The number of ether oxygens (including phenoxy) is 3. The van der Waals surface area contributed by atoms with Gasteiger partial charge in [0.25, 0.3) is 7.82 Å². The zero-order valence-electron chi connectivity index (χ0n) is 36.1. The van der Waals surface area contributed by atoms with E-state index >= 15 is 0 Å². The van der Waals surface area contributed by atoms with Crippen molar-refractivity contribution in [2.75, 3.05) is 47.5 Å². The Hall–Kier alpha value is -1.92. The van der Waals surface area contributed by atoms with E-state index in [0.717, 1.165) is 32.1 Å². The van der Waals surface area contributed by atoms with Crippen molar-refractivity contribution < 1.29 is 56.7 Å². The summed E-state index contributed by atoms with van der Waals surface area (Å²) >= 11 is 0. The number of hydrogen-bond donors (Lipinski definition) is 1. The molecule has 6 atom stereocenters. The van der Waals surface area contributed by atoms with E-state index in [1.54, 1.807) is 0 Å². The number of hydrogen-bond acceptors (Lipinski definition) is 11. The van der Waals surface area contributed by atoms with Gasteiger partial charge in [-0.2, -0.15) is 0 Å². The molecular weight excluding hydrogens is 749 g/mol. The first-order valence-corrected chi connectivity index (χ1v) is 23.7. The average molecular weight is 828 g/mol. The number of allylic oxidation sites excluding steroid dienone is 1. The van der Waals surface area contributed by atoms with Crippen LogP contribution in [0.5, 0.6) is 0 Å². The number of nitrogens with zero attached hydrogens (tertiary/aromatic N) is 1. The highest BCUT2D eigenvalue weighted by atomic mass is 31.2. The first-order chi connectivity index (χ1) is 27.2. The van der Waals surface area contributed by atoms with Gasteiger partial charge in [0.15, 0.2) is 11.9 Å². The Labute approximate surface area is 344 Å². The maximum Gasteiger partial charge on any atom is 0.306 e. The summed E-state index contributed by atoms with van der Waals surface area (Å²) in [6.07, 6.45) is 25.8. The van der Waals surface area contributed by atoms with Crippen molar-refractivity contribution in [3.63, 3.8) is 0 Å². The molecule has 1 heterocycles. The molecule has 0 aromatic rings. The van der Waals surface area contributed by atoms with E-state index < -0.39 is 44.5 Å². The Morgan fingerprint density at radius 3 is 2.07 bits per heavy atom. The average Bonchev–Trinajstić information content (AvgIpc) is 3.84. The number of quaternary nitrogens is 1. The zero-order chi connectivity index (χ0) is 41.9. The lowest BCUT2D eigenvalue weighted by molar-refractivity contribution is -0.870. The molecule has 1 saturated carbocycles. The van der Waals surface area contributed by atoms with E-state index in [1.165, 1.54) is 77.0 Å². The molecule has 1 aliphatic heterocycles. The number of carbonyl (C=O) groups is 3. The van der Waals surface area contributed by atoms with Crippen molar-refractivity contribution in [2.45, 2.75) is 186 Å². The molecule has 57 heavy (non-hydrogen) atoms. The molecule has 0 bridgehead atoms. The third-order valence-electron chi connectivity index (χ3n) is 10.6. The van der Waals surface area contributed by atoms with Gasteiger partial charge in [-0.1, -0.05) is 116 Å². The number of Topliss-reactive ketones (excluding diaryl/α,β-unsaturated/α-hetero) is 1. The molecule has 1 aliphatic carbocycles. The van der Waals surface area contributed by atoms with Crippen LogP contribution in [0.4, 0.5) is 0 Å². The molecule has 330 valence electrons. The van der Waals surface area contributed by atoms with E-state index in [1.807, 2.05) is 27.2 Å². The fourth-order valence-corrected chi connectivity index (χ4v) is 7.70. The second-order valence-electron chi connectivity index (χ2n) is 17.0. The molecule has 0 aromatic heterocycles. The second kappa shape index (κ2) is 29.3. The van der Waals surface area contributed by atoms with Gasteiger partial charge in [0.05, 0.1) is 40.0 Å². The van der Waals surface area contributed by atoms with Crippen LogP contribution < -0.4 is 4.89 Å². The molecular formula is C44H78NO11P. The SMILES string of the molecule is CCCCC/C=C\CC1OC1/C=C1\C(=O)CC(O)C1CCCC(=O)O[C@H](COC(=O)CCCCCCCCCCCCCCC)COP(=O)([O-])OCC[N+](C)(C)C. The van der Waals surface area contributed by atoms with Crippen molar-refractivity contribution in [3.05, 3.63) is 23.8 Å². The van der Waals surface area contributed by atoms with Gasteiger partial charge < -0.3 is 37.7 Å². The number of rotatable bonds is 35. The van der Waals surface area contributed by atoms with Crippen LogP contribution in [-0.2, 0) is 42.2 Å². The first-order valence-electron chi connectivity index (χ1n) is 22.2. The van der Waals surface area contributed by atoms with Gasteiger partial charge in [-0.15, -0.1) is 0 Å². The number of aliphatic hydroxyl groups excluding tert-OH is 1. The standard InChI is InChI=1S/C44H78NO11P/c1-6-8-10-12-14-15-16-17-18-19-20-22-24-28-43(48)52-34-36(35-54-57(50,51)53-31-30-45(3,4)5)55-44(49)29-25-26-37-38(40(47)33-39(37)46)32-42-41(56-42)27-23-21-13-11-9-7-2/h21,23,32,36-37,39,41-42,46H,6-20,22,24-31,33-35H2,1-5H3/b23-21-,38-32-/t36-,37?,39?,41?,42?/m1/s1. The number of epoxide rings is 1. The van der Waals surface area contributed by atoms with Crippen LogP contribution in [0.3, 0.4) is 0 Å². The summed E-state index contributed by atoms with van der Waals surface area (Å²) in [5.41, 5.74) is 0.549. The molecule has 0 amide bonds. The van der Waals surface area contributed by atoms with E-state index in [-0.39, 0.29) is 50.5 Å². The molecule has 0 radical (unpaired) electrons. The quantitative estimate of drug-likeness (QED) is 0.0124. The van der Waals surface area contributed by atoms with Crippen molar-refractivity contribution in [3.8, 4) is 0 Å². The predicted molar refractivity (Wildman–Crippen MR) is 221 cm³/mol. The van der Waals surface area contributed by atoms with Crippen molar-refractivity contribution in [1.29, 1.82) is 0 Å². The summed E-state index contributed by atoms with van der Waals surface area (Å²) in [5.74, 6) is -1.61. The summed E-state index contributed by atoms with van der Waals surface area (Å²) in [6, 6.07) is 0. The highest BCUT2D eigenvalue weighted by molar-refractivity contribution is 7.45. The van der Waals surface area contributed by atoms with Gasteiger partial charge in [0.2, 0.25) is 0 Å². The van der Waals surface area contributed by atoms with Gasteiger partial charge in [0, 0.05) is 25.2 Å². The number of phosphoric acid groups is 1. The largest absolute Gasteiger partial charge is 0.756 e. The van der Waals surface area contributed by atoms with Gasteiger partial charge in [-0.3, -0.25) is 18.9 Å². The fourth-order valence-electron chi connectivity index (χ4n) is 6.97. The third-order valence-corrected chi connectivity index (χ3v) is 11.6. The number of esters is 2. The van der Waals surface area contributed by atoms with Crippen LogP contribution in [0.25, 0.3) is 0 Å². The molecule has 12 nitrogen and oxygen atoms in total. The van der Waals surface area contributed by atoms with Gasteiger partial charge in [-0.25, -0.2) is 0 Å². The van der Waals surface area contributed by atoms with Crippen molar-refractivity contribution in [2.24, 2.45) is 5.92 Å². The van der Waals surface area contributed by atoms with Crippen LogP contribution in [0.1, 0.15) is 162 Å². The maximum absolute atomic E-state index is 13.0. The normalized spacial score (nSPS) is 21.9. The van der Waals surface area contributed by atoms with Gasteiger partial charge >= 0.3 is 11.9 Å². The Bertz CT molecular complexity index is 1250. The van der Waals surface area contributed by atoms with E-state index in [0.29, 0.717) is 35.9 Å². The minimum atomic E-state index is -4.72. The lowest BCUT2D eigenvalue weighted by atomic mass is 9.93. The minimum absolute atomic E-state index is 0.0243. The second-order valence-corrected chi connectivity index (χ2v) is 18.4. The molecule has 0 spiro atoms. The molecule has 5 unspecified atom stereocenters. The van der Waals surface area contributed by atoms with E-state index in [2.05, 4.69) is 26.0 Å². The number of unbranched alkanes of at least 4 members (excludes halogenated alkanes) is 15. The molecule has 2 fully saturated rings. The van der Waals surface area contributed by atoms with Crippen LogP contribution >= 0.6 is 7.82 Å². The highest BCUT2D eigenvalue weighted by Crippen LogP contribution is 2.39. The van der Waals surface area contributed by atoms with Gasteiger partial charge in [0.1, 0.15) is 25.9 Å². The summed E-state index contributed by atoms with van der Waals surface area (Å²) in [4.78, 5) is 50.7. The van der Waals surface area contributed by atoms with Crippen molar-refractivity contribution in [1.82, 2.24) is 0 Å². The number of likely N-dealkylation sites (N-methyl/N-ethyl adjacent to an activating group) is 1. The van der Waals surface area contributed by atoms with Crippen LogP contribution in [0, 0.1) is 5.92 Å². The van der Waals surface area contributed by atoms with E-state index in [4.69, 9.17) is 23.3 Å². The zero-order valence-corrected chi connectivity index (χ0v) is 37.0. The Morgan fingerprint density at radius 1 is 0.842 bits per heavy atom. The molecule has 1 N–H and O–H groups in total. The molecule has 2 aliphatic rings. The number of carbonyl (C=O) groups excluding carboxylic acids is 3. The van der Waals surface area contributed by atoms with Crippen LogP contribution in [0.2, 0.25) is 0 Å². The van der Waals surface area contributed by atoms with Crippen LogP contribution in [-0.4, -0.2) is 99.2 Å². The predicted octanol–water partition coefficient (Wildman–Crippen LogP) is 8.47. The lowest BCUT2D eigenvalue weighted by Gasteiger charge is -2.28.